The number of aliphatic carboxylic acids is 1. The third-order valence-corrected chi connectivity index (χ3v) is 3.12. The van der Waals surface area contributed by atoms with Crippen molar-refractivity contribution in [2.75, 3.05) is 11.9 Å². The second-order valence-corrected chi connectivity index (χ2v) is 4.83. The number of carbonyl (C=O) groups is 3. The monoisotopic (exact) mass is 286 g/mol. The van der Waals surface area contributed by atoms with Gasteiger partial charge >= 0.3 is 5.97 Å². The number of carboxylic acids is 1. The molecule has 0 aliphatic carbocycles. The molecule has 8 heteroatoms. The van der Waals surface area contributed by atoms with E-state index in [9.17, 15) is 14.4 Å². The lowest BCUT2D eigenvalue weighted by molar-refractivity contribution is -0.146. The van der Waals surface area contributed by atoms with Gasteiger partial charge in [-0.25, -0.2) is 4.79 Å². The second kappa shape index (κ2) is 6.86. The number of hydrogen-bond donors (Lipinski definition) is 4. The lowest BCUT2D eigenvalue weighted by atomic mass is 10.2. The summed E-state index contributed by atoms with van der Waals surface area (Å²) in [5, 5.41) is 23.1. The molecule has 4 N–H and O–H groups in total. The molecular weight excluding hydrogens is 272 g/mol. The zero-order valence-electron chi connectivity index (χ0n) is 10.2. The van der Waals surface area contributed by atoms with Gasteiger partial charge in [0.15, 0.2) is 6.10 Å². The third-order valence-electron chi connectivity index (χ3n) is 2.12. The summed E-state index contributed by atoms with van der Waals surface area (Å²) in [5.41, 5.74) is 0. The van der Waals surface area contributed by atoms with E-state index in [0.29, 0.717) is 9.88 Å². The Morgan fingerprint density at radius 3 is 2.63 bits per heavy atom. The number of aliphatic hydroxyl groups excluding tert-OH is 1. The number of aliphatic hydroxyl groups is 1. The van der Waals surface area contributed by atoms with Crippen LogP contribution >= 0.6 is 11.3 Å². The minimum atomic E-state index is -1.49. The van der Waals surface area contributed by atoms with Crippen LogP contribution in [-0.4, -0.2) is 40.6 Å². The Labute approximate surface area is 113 Å². The largest absolute Gasteiger partial charge is 0.479 e. The fraction of sp³-hybridized carbons (Fsp3) is 0.364. The molecule has 1 aromatic heterocycles. The molecular formula is C11H14N2O5S. The molecule has 0 aromatic carbocycles. The van der Waals surface area contributed by atoms with E-state index in [1.165, 1.54) is 6.92 Å². The number of carbonyl (C=O) groups excluding carboxylic acids is 2. The van der Waals surface area contributed by atoms with E-state index in [-0.39, 0.29) is 24.8 Å². The van der Waals surface area contributed by atoms with E-state index in [1.807, 2.05) is 0 Å². The van der Waals surface area contributed by atoms with Gasteiger partial charge in [-0.15, -0.1) is 11.3 Å². The zero-order chi connectivity index (χ0) is 14.4. The van der Waals surface area contributed by atoms with Gasteiger partial charge in [0.05, 0.1) is 9.88 Å². The van der Waals surface area contributed by atoms with Crippen LogP contribution in [-0.2, 0) is 9.59 Å². The average molecular weight is 286 g/mol. The molecule has 1 atom stereocenters. The van der Waals surface area contributed by atoms with Gasteiger partial charge in [0.25, 0.3) is 5.91 Å². The maximum absolute atomic E-state index is 11.7. The summed E-state index contributed by atoms with van der Waals surface area (Å²) in [4.78, 5) is 33.2. The van der Waals surface area contributed by atoms with E-state index in [4.69, 9.17) is 10.2 Å². The van der Waals surface area contributed by atoms with Crippen LogP contribution in [0.25, 0.3) is 0 Å². The van der Waals surface area contributed by atoms with E-state index >= 15 is 0 Å². The van der Waals surface area contributed by atoms with E-state index in [0.717, 1.165) is 11.3 Å². The highest BCUT2D eigenvalue weighted by Gasteiger charge is 2.14. The fourth-order valence-electron chi connectivity index (χ4n) is 1.23. The highest BCUT2D eigenvalue weighted by atomic mass is 32.1. The molecule has 0 saturated carbocycles. The molecule has 0 aliphatic rings. The van der Waals surface area contributed by atoms with E-state index in [2.05, 4.69) is 10.6 Å². The molecule has 1 aromatic rings. The first-order valence-electron chi connectivity index (χ1n) is 5.46. The number of carboxylic acid groups (broad SMARTS) is 1. The molecule has 19 heavy (non-hydrogen) atoms. The minimum Gasteiger partial charge on any atom is -0.479 e. The van der Waals surface area contributed by atoms with Crippen LogP contribution in [0, 0.1) is 0 Å². The predicted octanol–water partition coefficient (Wildman–Crippen LogP) is 0.272. The Hall–Kier alpha value is -1.93. The normalized spacial score (nSPS) is 11.7. The zero-order valence-corrected chi connectivity index (χ0v) is 11.0. The number of hydrogen-bond acceptors (Lipinski definition) is 5. The SMILES string of the molecule is CC(=O)Nc1ccc(C(=O)NCCC(O)C(=O)O)s1. The van der Waals surface area contributed by atoms with Gasteiger partial charge < -0.3 is 20.8 Å². The Morgan fingerprint density at radius 1 is 1.37 bits per heavy atom. The Morgan fingerprint density at radius 2 is 2.05 bits per heavy atom. The smallest absolute Gasteiger partial charge is 0.332 e. The Bertz CT molecular complexity index is 485. The van der Waals surface area contributed by atoms with Gasteiger partial charge in [0.1, 0.15) is 0 Å². The summed E-state index contributed by atoms with van der Waals surface area (Å²) in [5.74, 6) is -1.92. The van der Waals surface area contributed by atoms with Crippen LogP contribution in [0.4, 0.5) is 5.00 Å². The summed E-state index contributed by atoms with van der Waals surface area (Å²) in [7, 11) is 0. The van der Waals surface area contributed by atoms with Gasteiger partial charge in [0, 0.05) is 19.9 Å². The predicted molar refractivity (Wildman–Crippen MR) is 69.2 cm³/mol. The van der Waals surface area contributed by atoms with Crippen molar-refractivity contribution in [2.45, 2.75) is 19.4 Å². The van der Waals surface area contributed by atoms with Gasteiger partial charge in [-0.3, -0.25) is 9.59 Å². The second-order valence-electron chi connectivity index (χ2n) is 3.74. The average Bonchev–Trinajstić information content (AvgIpc) is 2.76. The number of nitrogens with one attached hydrogen (secondary N) is 2. The molecule has 1 unspecified atom stereocenters. The van der Waals surface area contributed by atoms with Crippen LogP contribution < -0.4 is 10.6 Å². The van der Waals surface area contributed by atoms with Crippen molar-refractivity contribution in [3.8, 4) is 0 Å². The molecule has 0 bridgehead atoms. The van der Waals surface area contributed by atoms with Crippen LogP contribution in [0.15, 0.2) is 12.1 Å². The molecule has 0 aliphatic heterocycles. The molecule has 0 radical (unpaired) electrons. The lowest BCUT2D eigenvalue weighted by Crippen LogP contribution is -2.29. The first-order chi connectivity index (χ1) is 8.90. The van der Waals surface area contributed by atoms with Crippen molar-refractivity contribution < 1.29 is 24.6 Å². The summed E-state index contributed by atoms with van der Waals surface area (Å²) >= 11 is 1.11. The van der Waals surface area contributed by atoms with Gasteiger partial charge in [-0.05, 0) is 12.1 Å². The summed E-state index contributed by atoms with van der Waals surface area (Å²) < 4.78 is 0. The Kier molecular flexibility index (Phi) is 5.46. The highest BCUT2D eigenvalue weighted by Crippen LogP contribution is 2.21. The van der Waals surface area contributed by atoms with Crippen molar-refractivity contribution in [3.05, 3.63) is 17.0 Å². The van der Waals surface area contributed by atoms with Crippen molar-refractivity contribution in [1.82, 2.24) is 5.32 Å². The number of rotatable bonds is 6. The van der Waals surface area contributed by atoms with Crippen LogP contribution in [0.3, 0.4) is 0 Å². The summed E-state index contributed by atoms with van der Waals surface area (Å²) in [6.07, 6.45) is -1.55. The number of amides is 2. The number of anilines is 1. The number of thiophene rings is 1. The van der Waals surface area contributed by atoms with Gasteiger partial charge in [-0.2, -0.15) is 0 Å². The van der Waals surface area contributed by atoms with Crippen molar-refractivity contribution in [2.24, 2.45) is 0 Å². The van der Waals surface area contributed by atoms with E-state index in [1.54, 1.807) is 12.1 Å². The highest BCUT2D eigenvalue weighted by molar-refractivity contribution is 7.18. The van der Waals surface area contributed by atoms with Gasteiger partial charge in [0.2, 0.25) is 5.91 Å². The maximum Gasteiger partial charge on any atom is 0.332 e. The van der Waals surface area contributed by atoms with Crippen LogP contribution in [0.2, 0.25) is 0 Å². The minimum absolute atomic E-state index is 0.0552. The standard InChI is InChI=1S/C11H14N2O5S/c1-6(14)13-9-3-2-8(19-9)10(16)12-5-4-7(15)11(17)18/h2-3,7,15H,4-5H2,1H3,(H,12,16)(H,13,14)(H,17,18). The molecule has 0 saturated heterocycles. The molecule has 1 heterocycles. The molecule has 0 fully saturated rings. The first-order valence-corrected chi connectivity index (χ1v) is 6.28. The third kappa shape index (κ3) is 5.06. The Balaban J connectivity index is 2.43. The van der Waals surface area contributed by atoms with Crippen molar-refractivity contribution >= 4 is 34.1 Å². The van der Waals surface area contributed by atoms with Crippen LogP contribution in [0.1, 0.15) is 23.0 Å². The molecule has 2 amide bonds. The molecule has 1 rings (SSSR count). The molecule has 7 nitrogen and oxygen atoms in total. The van der Waals surface area contributed by atoms with Gasteiger partial charge in [-0.1, -0.05) is 0 Å². The fourth-order valence-corrected chi connectivity index (χ4v) is 2.10. The topological polar surface area (TPSA) is 116 Å². The lowest BCUT2D eigenvalue weighted by Gasteiger charge is -2.06. The summed E-state index contributed by atoms with van der Waals surface area (Å²) in [6.45, 7) is 1.42. The van der Waals surface area contributed by atoms with Crippen molar-refractivity contribution in [1.29, 1.82) is 0 Å². The summed E-state index contributed by atoms with van der Waals surface area (Å²) in [6, 6.07) is 3.16. The molecule has 104 valence electrons. The first kappa shape index (κ1) is 15.1. The van der Waals surface area contributed by atoms with Crippen LogP contribution in [0.5, 0.6) is 0 Å². The van der Waals surface area contributed by atoms with Crippen molar-refractivity contribution in [3.63, 3.8) is 0 Å². The quantitative estimate of drug-likeness (QED) is 0.599. The molecule has 0 spiro atoms. The maximum atomic E-state index is 11.7. The van der Waals surface area contributed by atoms with E-state index < -0.39 is 12.1 Å².